The molecule has 3 heteroatoms. The van der Waals surface area contributed by atoms with Crippen LogP contribution in [0.25, 0.3) is 10.9 Å². The van der Waals surface area contributed by atoms with Crippen molar-refractivity contribution in [2.24, 2.45) is 12.8 Å². The van der Waals surface area contributed by atoms with Crippen molar-refractivity contribution >= 4 is 16.8 Å². The second-order valence-electron chi connectivity index (χ2n) is 2.92. The molecule has 0 atom stereocenters. The summed E-state index contributed by atoms with van der Waals surface area (Å²) in [4.78, 5) is 11.0. The molecule has 1 aromatic heterocycles. The number of nitrogens with two attached hydrogens (primary N) is 1. The first-order chi connectivity index (χ1) is 6.20. The van der Waals surface area contributed by atoms with Crippen molar-refractivity contribution in [1.82, 2.24) is 4.57 Å². The summed E-state index contributed by atoms with van der Waals surface area (Å²) in [6.07, 6.45) is 0. The van der Waals surface area contributed by atoms with Crippen LogP contribution in [-0.2, 0) is 7.05 Å². The maximum Gasteiger partial charge on any atom is 0.265 e. The average Bonchev–Trinajstić information content (AvgIpc) is 2.45. The van der Waals surface area contributed by atoms with Crippen LogP contribution >= 0.6 is 0 Å². The summed E-state index contributed by atoms with van der Waals surface area (Å²) in [6, 6.07) is 10.4. The van der Waals surface area contributed by atoms with Gasteiger partial charge < -0.3 is 10.3 Å². The predicted octanol–water partition coefficient (Wildman–Crippen LogP) is 1.08. The molecule has 0 saturated heterocycles. The molecular formula is C10H9N2O. The van der Waals surface area contributed by atoms with Gasteiger partial charge in [-0.05, 0) is 18.2 Å². The van der Waals surface area contributed by atoms with Crippen LogP contribution < -0.4 is 5.73 Å². The van der Waals surface area contributed by atoms with Gasteiger partial charge in [-0.25, -0.2) is 0 Å². The molecule has 1 aromatic carbocycles. The Morgan fingerprint density at radius 2 is 2.38 bits per heavy atom. The fourth-order valence-electron chi connectivity index (χ4n) is 1.45. The van der Waals surface area contributed by atoms with Gasteiger partial charge in [0.15, 0.2) is 0 Å². The number of primary amides is 1. The second-order valence-corrected chi connectivity index (χ2v) is 2.92. The highest BCUT2D eigenvalue weighted by atomic mass is 16.1. The summed E-state index contributed by atoms with van der Waals surface area (Å²) in [5, 5.41) is 0.916. The molecule has 0 unspecified atom stereocenters. The molecule has 1 heterocycles. The Balaban J connectivity index is 2.81. The van der Waals surface area contributed by atoms with E-state index < -0.39 is 5.91 Å². The Bertz CT molecular complexity index is 471. The Morgan fingerprint density at radius 3 is 3.00 bits per heavy atom. The first kappa shape index (κ1) is 7.86. The monoisotopic (exact) mass is 173 g/mol. The van der Waals surface area contributed by atoms with E-state index in [1.54, 1.807) is 10.6 Å². The minimum Gasteiger partial charge on any atom is -0.364 e. The lowest BCUT2D eigenvalue weighted by Crippen LogP contribution is -2.14. The number of rotatable bonds is 1. The maximum absolute atomic E-state index is 11.0. The average molecular weight is 173 g/mol. The minimum absolute atomic E-state index is 0.410. The van der Waals surface area contributed by atoms with E-state index in [0.717, 1.165) is 10.9 Å². The molecule has 0 aliphatic rings. The van der Waals surface area contributed by atoms with Crippen LogP contribution in [0.3, 0.4) is 0 Å². The van der Waals surface area contributed by atoms with E-state index in [1.807, 2.05) is 25.2 Å². The molecule has 0 fully saturated rings. The molecule has 0 aliphatic carbocycles. The molecular weight excluding hydrogens is 164 g/mol. The van der Waals surface area contributed by atoms with Gasteiger partial charge in [0, 0.05) is 18.0 Å². The molecule has 2 aromatic rings. The number of hydrogen-bond donors (Lipinski definition) is 1. The second kappa shape index (κ2) is 2.62. The zero-order valence-electron chi connectivity index (χ0n) is 7.24. The van der Waals surface area contributed by atoms with Gasteiger partial charge in [0.1, 0.15) is 5.69 Å². The number of nitrogens with zero attached hydrogens (tertiary/aromatic N) is 1. The summed E-state index contributed by atoms with van der Waals surface area (Å²) in [7, 11) is 1.82. The zero-order valence-corrected chi connectivity index (χ0v) is 7.24. The quantitative estimate of drug-likeness (QED) is 0.689. The van der Waals surface area contributed by atoms with Crippen molar-refractivity contribution in [2.45, 2.75) is 0 Å². The number of aryl methyl sites for hydroxylation is 1. The number of aromatic nitrogens is 1. The van der Waals surface area contributed by atoms with Gasteiger partial charge in [0.2, 0.25) is 0 Å². The third kappa shape index (κ3) is 1.09. The molecule has 2 N–H and O–H groups in total. The van der Waals surface area contributed by atoms with Crippen LogP contribution in [0.15, 0.2) is 24.3 Å². The smallest absolute Gasteiger partial charge is 0.265 e. The van der Waals surface area contributed by atoms with Crippen molar-refractivity contribution in [2.75, 3.05) is 0 Å². The number of carbonyl (C=O) groups excluding carboxylic acids is 1. The first-order valence-electron chi connectivity index (χ1n) is 3.96. The highest BCUT2D eigenvalue weighted by Crippen LogP contribution is 2.16. The van der Waals surface area contributed by atoms with Crippen LogP contribution in [0.2, 0.25) is 0 Å². The van der Waals surface area contributed by atoms with Crippen LogP contribution in [0, 0.1) is 6.07 Å². The molecule has 0 bridgehead atoms. The lowest BCUT2D eigenvalue weighted by molar-refractivity contribution is 0.0993. The molecule has 0 aliphatic heterocycles. The van der Waals surface area contributed by atoms with E-state index in [4.69, 9.17) is 5.73 Å². The summed E-state index contributed by atoms with van der Waals surface area (Å²) in [5.41, 5.74) is 6.69. The minimum atomic E-state index is -0.410. The van der Waals surface area contributed by atoms with Gasteiger partial charge >= 0.3 is 0 Å². The van der Waals surface area contributed by atoms with Crippen molar-refractivity contribution in [3.63, 3.8) is 0 Å². The highest BCUT2D eigenvalue weighted by Gasteiger charge is 2.08. The van der Waals surface area contributed by atoms with Crippen molar-refractivity contribution in [3.8, 4) is 0 Å². The summed E-state index contributed by atoms with van der Waals surface area (Å²) in [5.74, 6) is -0.410. The fraction of sp³-hybridized carbons (Fsp3) is 0.100. The summed E-state index contributed by atoms with van der Waals surface area (Å²) >= 11 is 0. The molecule has 1 radical (unpaired) electrons. The van der Waals surface area contributed by atoms with Crippen LogP contribution in [0.1, 0.15) is 10.5 Å². The number of fused-ring (bicyclic) bond motifs is 1. The Kier molecular flexibility index (Phi) is 1.59. The third-order valence-electron chi connectivity index (χ3n) is 2.12. The van der Waals surface area contributed by atoms with Crippen molar-refractivity contribution in [3.05, 3.63) is 36.0 Å². The lowest BCUT2D eigenvalue weighted by atomic mass is 10.2. The first-order valence-corrected chi connectivity index (χ1v) is 3.96. The van der Waals surface area contributed by atoms with E-state index >= 15 is 0 Å². The van der Waals surface area contributed by atoms with E-state index in [0.29, 0.717) is 5.69 Å². The highest BCUT2D eigenvalue weighted by molar-refractivity contribution is 5.97. The van der Waals surface area contributed by atoms with Gasteiger partial charge in [-0.2, -0.15) is 0 Å². The number of hydrogen-bond acceptors (Lipinski definition) is 1. The number of amides is 1. The van der Waals surface area contributed by atoms with Gasteiger partial charge in [0.05, 0.1) is 0 Å². The summed E-state index contributed by atoms with van der Waals surface area (Å²) < 4.78 is 1.77. The molecule has 3 nitrogen and oxygen atoms in total. The molecule has 0 spiro atoms. The molecule has 65 valence electrons. The van der Waals surface area contributed by atoms with Gasteiger partial charge in [-0.1, -0.05) is 12.1 Å². The van der Waals surface area contributed by atoms with E-state index in [1.165, 1.54) is 0 Å². The SMILES string of the molecule is Cn1c(C(N)=O)cc2[c]cccc21. The van der Waals surface area contributed by atoms with Crippen LogP contribution in [0.5, 0.6) is 0 Å². The molecule has 13 heavy (non-hydrogen) atoms. The summed E-state index contributed by atoms with van der Waals surface area (Å²) in [6.45, 7) is 0. The Morgan fingerprint density at radius 1 is 1.62 bits per heavy atom. The predicted molar refractivity (Wildman–Crippen MR) is 50.3 cm³/mol. The normalized spacial score (nSPS) is 10.5. The van der Waals surface area contributed by atoms with Crippen molar-refractivity contribution in [1.29, 1.82) is 0 Å². The fourth-order valence-corrected chi connectivity index (χ4v) is 1.45. The van der Waals surface area contributed by atoms with Crippen LogP contribution in [0.4, 0.5) is 0 Å². The van der Waals surface area contributed by atoms with Crippen molar-refractivity contribution < 1.29 is 4.79 Å². The largest absolute Gasteiger partial charge is 0.364 e. The molecule has 2 rings (SSSR count). The molecule has 1 amide bonds. The van der Waals surface area contributed by atoms with Gasteiger partial charge in [0.25, 0.3) is 5.91 Å². The van der Waals surface area contributed by atoms with Gasteiger partial charge in [-0.3, -0.25) is 4.79 Å². The van der Waals surface area contributed by atoms with Gasteiger partial charge in [-0.15, -0.1) is 0 Å². The number of benzene rings is 1. The third-order valence-corrected chi connectivity index (χ3v) is 2.12. The van der Waals surface area contributed by atoms with E-state index in [9.17, 15) is 4.79 Å². The van der Waals surface area contributed by atoms with E-state index in [-0.39, 0.29) is 0 Å². The maximum atomic E-state index is 11.0. The standard InChI is InChI=1S/C10H9N2O/c1-12-8-5-3-2-4-7(8)6-9(12)10(11)13/h2-3,5-6H,1H3,(H2,11,13). The zero-order chi connectivity index (χ0) is 9.42. The lowest BCUT2D eigenvalue weighted by Gasteiger charge is -1.98. The number of carbonyl (C=O) groups is 1. The Labute approximate surface area is 75.8 Å². The molecule has 0 saturated carbocycles. The van der Waals surface area contributed by atoms with E-state index in [2.05, 4.69) is 6.07 Å². The topological polar surface area (TPSA) is 48.0 Å². The van der Waals surface area contributed by atoms with Crippen LogP contribution in [-0.4, -0.2) is 10.5 Å². The Hall–Kier alpha value is -1.77.